The summed E-state index contributed by atoms with van der Waals surface area (Å²) < 4.78 is 19.7. The zero-order chi connectivity index (χ0) is 32.8. The third-order valence-electron chi connectivity index (χ3n) is 6.72. The van der Waals surface area contributed by atoms with Gasteiger partial charge in [-0.05, 0) is 58.5 Å². The van der Waals surface area contributed by atoms with Gasteiger partial charge in [0.05, 0.1) is 35.8 Å². The number of carbonyl (C=O) groups is 2. The molecule has 2 atom stereocenters. The molecule has 0 fully saturated rings. The van der Waals surface area contributed by atoms with Crippen molar-refractivity contribution in [2.24, 2.45) is 7.05 Å². The van der Waals surface area contributed by atoms with Crippen LogP contribution in [0, 0.1) is 0 Å². The normalized spacial score (nSPS) is 12.5. The van der Waals surface area contributed by atoms with E-state index < -0.39 is 34.8 Å². The van der Waals surface area contributed by atoms with E-state index in [0.717, 1.165) is 0 Å². The zero-order valence-corrected chi connectivity index (χ0v) is 26.2. The number of nitrogens with one attached hydrogen (secondary N) is 3. The summed E-state index contributed by atoms with van der Waals surface area (Å²) in [4.78, 5) is 37.7. The maximum atomic E-state index is 13.3. The van der Waals surface area contributed by atoms with E-state index in [1.165, 1.54) is 28.9 Å². The Kier molecular flexibility index (Phi) is 9.90. The highest BCUT2D eigenvalue weighted by Crippen LogP contribution is 2.24. The van der Waals surface area contributed by atoms with Crippen LogP contribution < -0.4 is 16.2 Å². The average molecular weight is 663 g/mol. The van der Waals surface area contributed by atoms with Crippen molar-refractivity contribution in [1.29, 1.82) is 0 Å². The van der Waals surface area contributed by atoms with Gasteiger partial charge in [0.1, 0.15) is 12.6 Å². The number of aromatic nitrogens is 8. The van der Waals surface area contributed by atoms with Crippen molar-refractivity contribution in [3.8, 4) is 16.8 Å². The van der Waals surface area contributed by atoms with Crippen molar-refractivity contribution in [2.75, 3.05) is 18.7 Å². The second-order valence-electron chi connectivity index (χ2n) is 9.84. The molecule has 17 heteroatoms. The van der Waals surface area contributed by atoms with Gasteiger partial charge in [0.2, 0.25) is 10.9 Å². The first kappa shape index (κ1) is 32.1. The molecular weight excluding hydrogens is 636 g/mol. The number of amides is 2. The number of benzene rings is 2. The van der Waals surface area contributed by atoms with Crippen LogP contribution in [0.3, 0.4) is 0 Å². The van der Waals surface area contributed by atoms with E-state index >= 15 is 0 Å². The molecule has 3 aromatic heterocycles. The molecule has 0 saturated carbocycles. The SMILES string of the molecule is COC(=O)Nc1ccc(-c2cc(C(Cc3cc([S+](C)[O-])n(C)n3)NC(=O)C=Cc3cc(Cl)ccc3-n3cnnn3)n[nH]c2=O)cc1. The number of anilines is 1. The summed E-state index contributed by atoms with van der Waals surface area (Å²) in [5, 5.41) is 28.9. The number of methoxy groups -OCH3 is 1. The molecule has 46 heavy (non-hydrogen) atoms. The summed E-state index contributed by atoms with van der Waals surface area (Å²) in [5.41, 5.74) is 2.92. The van der Waals surface area contributed by atoms with Crippen LogP contribution in [0.15, 0.2) is 76.8 Å². The van der Waals surface area contributed by atoms with Crippen molar-refractivity contribution in [3.63, 3.8) is 0 Å². The van der Waals surface area contributed by atoms with Gasteiger partial charge < -0.3 is 14.6 Å². The van der Waals surface area contributed by atoms with Crippen LogP contribution in [0.1, 0.15) is 23.0 Å². The predicted molar refractivity (Wildman–Crippen MR) is 170 cm³/mol. The highest BCUT2D eigenvalue weighted by molar-refractivity contribution is 7.90. The van der Waals surface area contributed by atoms with Gasteiger partial charge in [-0.2, -0.15) is 14.9 Å². The van der Waals surface area contributed by atoms with Crippen molar-refractivity contribution in [1.82, 2.24) is 45.5 Å². The molecule has 0 aliphatic heterocycles. The largest absolute Gasteiger partial charge is 0.610 e. The standard InChI is InChI=1S/C29H27ClN10O5S/c1-39-27(46(3)44)14-21(36-39)13-23(33-26(41)11-6-18-12-19(30)7-10-25(18)40-16-31-37-38-40)24-15-22(28(42)35-34-24)17-4-8-20(9-5-17)32-29(43)45-2/h4-12,14-16,23H,13H2,1-3H3,(H,32,43)(H,33,41)(H,35,42). The molecule has 2 aromatic carbocycles. The second-order valence-corrected chi connectivity index (χ2v) is 11.6. The molecule has 2 amide bonds. The second kappa shape index (κ2) is 14.2. The molecule has 5 aromatic rings. The topological polar surface area (TPSA) is 198 Å². The fourth-order valence-corrected chi connectivity index (χ4v) is 5.45. The van der Waals surface area contributed by atoms with E-state index in [-0.39, 0.29) is 12.0 Å². The first-order chi connectivity index (χ1) is 22.1. The highest BCUT2D eigenvalue weighted by Gasteiger charge is 2.22. The minimum absolute atomic E-state index is 0.165. The molecule has 0 spiro atoms. The third-order valence-corrected chi connectivity index (χ3v) is 7.93. The molecular formula is C29H27ClN10O5S. The van der Waals surface area contributed by atoms with Gasteiger partial charge >= 0.3 is 6.09 Å². The van der Waals surface area contributed by atoms with Crippen LogP contribution >= 0.6 is 11.6 Å². The van der Waals surface area contributed by atoms with E-state index in [4.69, 9.17) is 11.6 Å². The van der Waals surface area contributed by atoms with Gasteiger partial charge in [-0.1, -0.05) is 23.7 Å². The van der Waals surface area contributed by atoms with E-state index in [1.54, 1.807) is 74.0 Å². The monoisotopic (exact) mass is 662 g/mol. The Balaban J connectivity index is 1.46. The molecule has 0 radical (unpaired) electrons. The molecule has 15 nitrogen and oxygen atoms in total. The summed E-state index contributed by atoms with van der Waals surface area (Å²) in [6.45, 7) is 0. The Labute approximate surface area is 269 Å². The third kappa shape index (κ3) is 7.66. The summed E-state index contributed by atoms with van der Waals surface area (Å²) >= 11 is 4.92. The van der Waals surface area contributed by atoms with Crippen molar-refractivity contribution in [3.05, 3.63) is 99.3 Å². The van der Waals surface area contributed by atoms with Crippen LogP contribution in [-0.4, -0.2) is 70.1 Å². The first-order valence-electron chi connectivity index (χ1n) is 13.5. The summed E-state index contributed by atoms with van der Waals surface area (Å²) in [6.07, 6.45) is 5.41. The lowest BCUT2D eigenvalue weighted by Gasteiger charge is -2.17. The molecule has 5 rings (SSSR count). The molecule has 3 heterocycles. The van der Waals surface area contributed by atoms with Crippen LogP contribution in [0.25, 0.3) is 22.9 Å². The Bertz CT molecular complexity index is 1940. The van der Waals surface area contributed by atoms with E-state index in [9.17, 15) is 18.9 Å². The predicted octanol–water partition coefficient (Wildman–Crippen LogP) is 2.83. The fraction of sp³-hybridized carbons (Fsp3) is 0.172. The summed E-state index contributed by atoms with van der Waals surface area (Å²) in [5.74, 6) is -0.476. The lowest BCUT2D eigenvalue weighted by atomic mass is 10.0. The number of hydrogen-bond acceptors (Lipinski definition) is 10. The van der Waals surface area contributed by atoms with Crippen LogP contribution in [0.2, 0.25) is 5.02 Å². The van der Waals surface area contributed by atoms with E-state index in [0.29, 0.717) is 43.9 Å². The Morgan fingerprint density at radius 1 is 1.17 bits per heavy atom. The molecule has 0 aliphatic rings. The maximum Gasteiger partial charge on any atom is 0.411 e. The van der Waals surface area contributed by atoms with Crippen LogP contribution in [-0.2, 0) is 34.2 Å². The Morgan fingerprint density at radius 3 is 2.63 bits per heavy atom. The molecule has 0 bridgehead atoms. The van der Waals surface area contributed by atoms with Crippen molar-refractivity contribution >= 4 is 46.5 Å². The number of ether oxygens (including phenoxy) is 1. The minimum atomic E-state index is -1.29. The Morgan fingerprint density at radius 2 is 1.96 bits per heavy atom. The van der Waals surface area contributed by atoms with E-state index in [1.807, 2.05) is 0 Å². The number of carbonyl (C=O) groups excluding carboxylic acids is 2. The number of H-pyrrole nitrogens is 1. The number of hydrogen-bond donors (Lipinski definition) is 3. The van der Waals surface area contributed by atoms with Gasteiger partial charge in [-0.25, -0.2) is 14.6 Å². The first-order valence-corrected chi connectivity index (χ1v) is 15.5. The zero-order valence-electron chi connectivity index (χ0n) is 24.7. The number of nitrogens with zero attached hydrogens (tertiary/aromatic N) is 7. The number of aromatic amines is 1. The minimum Gasteiger partial charge on any atom is -0.610 e. The Hall–Kier alpha value is -5.32. The van der Waals surface area contributed by atoms with Gasteiger partial charge in [-0.3, -0.25) is 14.9 Å². The van der Waals surface area contributed by atoms with E-state index in [2.05, 4.69) is 46.2 Å². The molecule has 2 unspecified atom stereocenters. The van der Waals surface area contributed by atoms with Gasteiger partial charge in [0.25, 0.3) is 5.56 Å². The van der Waals surface area contributed by atoms with Crippen molar-refractivity contribution in [2.45, 2.75) is 17.5 Å². The smallest absolute Gasteiger partial charge is 0.411 e. The number of tetrazole rings is 1. The lowest BCUT2D eigenvalue weighted by molar-refractivity contribution is -0.117. The lowest BCUT2D eigenvalue weighted by Crippen LogP contribution is -2.30. The fourth-order valence-electron chi connectivity index (χ4n) is 4.55. The molecule has 0 saturated heterocycles. The summed E-state index contributed by atoms with van der Waals surface area (Å²) in [6, 6.07) is 14.1. The van der Waals surface area contributed by atoms with Crippen LogP contribution in [0.5, 0.6) is 0 Å². The average Bonchev–Trinajstić information content (AvgIpc) is 3.70. The number of aryl methyl sites for hydroxylation is 1. The van der Waals surface area contributed by atoms with Crippen molar-refractivity contribution < 1.29 is 18.9 Å². The molecule has 0 aliphatic carbocycles. The van der Waals surface area contributed by atoms with Gasteiger partial charge in [0.15, 0.2) is 0 Å². The van der Waals surface area contributed by atoms with Gasteiger partial charge in [-0.15, -0.1) is 5.10 Å². The number of rotatable bonds is 10. The van der Waals surface area contributed by atoms with Crippen LogP contribution in [0.4, 0.5) is 10.5 Å². The number of halogens is 1. The molecule has 3 N–H and O–H groups in total. The molecule has 236 valence electrons. The quantitative estimate of drug-likeness (QED) is 0.148. The summed E-state index contributed by atoms with van der Waals surface area (Å²) in [7, 11) is 2.93. The highest BCUT2D eigenvalue weighted by atomic mass is 35.5. The maximum absolute atomic E-state index is 13.3. The van der Waals surface area contributed by atoms with Gasteiger partial charge in [0, 0.05) is 53.1 Å².